The molecule has 0 spiro atoms. The van der Waals surface area contributed by atoms with Crippen molar-refractivity contribution in [2.24, 2.45) is 0 Å². The molecular weight excluding hydrogens is 248 g/mol. The van der Waals surface area contributed by atoms with E-state index in [1.165, 1.54) is 26.0 Å². The van der Waals surface area contributed by atoms with E-state index in [1.807, 2.05) is 6.07 Å². The number of nitrogens with one attached hydrogen (secondary N) is 1. The second-order valence-electron chi connectivity index (χ2n) is 5.24. The van der Waals surface area contributed by atoms with E-state index < -0.39 is 5.92 Å². The summed E-state index contributed by atoms with van der Waals surface area (Å²) >= 11 is 0. The van der Waals surface area contributed by atoms with Gasteiger partial charge in [0.25, 0.3) is 5.92 Å². The number of rotatable bonds is 4. The maximum Gasteiger partial charge on any atom is 0.274 e. The van der Waals surface area contributed by atoms with Crippen molar-refractivity contribution in [2.75, 3.05) is 13.7 Å². The minimum atomic E-state index is -2.87. The molecule has 1 atom stereocenters. The Balaban J connectivity index is 2.24. The van der Waals surface area contributed by atoms with Crippen LogP contribution in [0.3, 0.4) is 0 Å². The number of hydrogen-bond acceptors (Lipinski definition) is 2. The average molecular weight is 269 g/mol. The molecule has 1 aliphatic rings. The smallest absolute Gasteiger partial charge is 0.274 e. The molecule has 1 heterocycles. The number of benzene rings is 1. The van der Waals surface area contributed by atoms with Gasteiger partial charge in [0.1, 0.15) is 5.75 Å². The first-order valence-corrected chi connectivity index (χ1v) is 6.80. The number of methoxy groups -OCH3 is 1. The Morgan fingerprint density at radius 3 is 2.74 bits per heavy atom. The predicted molar refractivity (Wildman–Crippen MR) is 71.9 cm³/mol. The number of ether oxygens (including phenoxy) is 1. The molecule has 106 valence electrons. The van der Waals surface area contributed by atoms with Crippen LogP contribution in [0.4, 0.5) is 8.78 Å². The van der Waals surface area contributed by atoms with Crippen molar-refractivity contribution in [3.63, 3.8) is 0 Å². The van der Waals surface area contributed by atoms with Gasteiger partial charge in [0.05, 0.1) is 12.7 Å². The van der Waals surface area contributed by atoms with Gasteiger partial charge >= 0.3 is 0 Å². The Bertz CT molecular complexity index is 423. The molecular formula is C15H21F2NO. The van der Waals surface area contributed by atoms with Crippen molar-refractivity contribution in [3.8, 4) is 5.75 Å². The highest BCUT2D eigenvalue weighted by Gasteiger charge is 2.30. The molecule has 0 aromatic heterocycles. The second kappa shape index (κ2) is 5.87. The van der Waals surface area contributed by atoms with Crippen LogP contribution in [0.15, 0.2) is 18.2 Å². The van der Waals surface area contributed by atoms with Crippen molar-refractivity contribution in [3.05, 3.63) is 29.3 Å². The van der Waals surface area contributed by atoms with Crippen LogP contribution in [0.1, 0.15) is 37.3 Å². The number of halogens is 2. The molecule has 0 aliphatic carbocycles. The molecule has 1 saturated heterocycles. The fourth-order valence-corrected chi connectivity index (χ4v) is 2.70. The van der Waals surface area contributed by atoms with E-state index in [0.717, 1.165) is 31.9 Å². The highest BCUT2D eigenvalue weighted by atomic mass is 19.3. The molecule has 19 heavy (non-hydrogen) atoms. The third-order valence-electron chi connectivity index (χ3n) is 3.65. The Labute approximate surface area is 113 Å². The van der Waals surface area contributed by atoms with E-state index in [0.29, 0.717) is 11.8 Å². The van der Waals surface area contributed by atoms with E-state index in [-0.39, 0.29) is 5.56 Å². The lowest BCUT2D eigenvalue weighted by molar-refractivity contribution is 0.0149. The van der Waals surface area contributed by atoms with Gasteiger partial charge in [-0.3, -0.25) is 0 Å². The van der Waals surface area contributed by atoms with Crippen molar-refractivity contribution < 1.29 is 13.5 Å². The summed E-state index contributed by atoms with van der Waals surface area (Å²) < 4.78 is 32.4. The van der Waals surface area contributed by atoms with Gasteiger partial charge in [-0.1, -0.05) is 18.6 Å². The van der Waals surface area contributed by atoms with Gasteiger partial charge in [-0.25, -0.2) is 8.78 Å². The topological polar surface area (TPSA) is 21.3 Å². The van der Waals surface area contributed by atoms with Crippen molar-refractivity contribution in [1.29, 1.82) is 0 Å². The maximum absolute atomic E-state index is 13.6. The molecule has 0 radical (unpaired) electrons. The number of para-hydroxylation sites is 1. The maximum atomic E-state index is 13.6. The first-order valence-electron chi connectivity index (χ1n) is 6.80. The lowest BCUT2D eigenvalue weighted by Gasteiger charge is -2.25. The summed E-state index contributed by atoms with van der Waals surface area (Å²) in [5.41, 5.74) is 0.837. The lowest BCUT2D eigenvalue weighted by Crippen LogP contribution is -2.35. The zero-order valence-corrected chi connectivity index (χ0v) is 11.5. The molecule has 0 amide bonds. The minimum Gasteiger partial charge on any atom is -0.496 e. The van der Waals surface area contributed by atoms with Crippen LogP contribution in [-0.4, -0.2) is 19.7 Å². The number of hydrogen-bond donors (Lipinski definition) is 1. The van der Waals surface area contributed by atoms with Gasteiger partial charge < -0.3 is 10.1 Å². The van der Waals surface area contributed by atoms with Gasteiger partial charge in [0.15, 0.2) is 0 Å². The zero-order chi connectivity index (χ0) is 13.9. The third-order valence-corrected chi connectivity index (χ3v) is 3.65. The van der Waals surface area contributed by atoms with Crippen LogP contribution in [0.2, 0.25) is 0 Å². The summed E-state index contributed by atoms with van der Waals surface area (Å²) in [5, 5.41) is 3.43. The van der Waals surface area contributed by atoms with E-state index in [2.05, 4.69) is 5.32 Å². The molecule has 2 nitrogen and oxygen atoms in total. The summed E-state index contributed by atoms with van der Waals surface area (Å²) in [4.78, 5) is 0. The lowest BCUT2D eigenvalue weighted by atomic mass is 9.95. The van der Waals surface area contributed by atoms with Crippen LogP contribution in [0.5, 0.6) is 5.75 Å². The van der Waals surface area contributed by atoms with Crippen LogP contribution in [0.25, 0.3) is 0 Å². The van der Waals surface area contributed by atoms with Crippen LogP contribution in [-0.2, 0) is 12.3 Å². The Hall–Kier alpha value is -1.16. The van der Waals surface area contributed by atoms with Crippen LogP contribution in [0, 0.1) is 0 Å². The number of piperidine rings is 1. The Kier molecular flexibility index (Phi) is 4.40. The minimum absolute atomic E-state index is 0.0247. The molecule has 1 unspecified atom stereocenters. The van der Waals surface area contributed by atoms with Gasteiger partial charge in [0.2, 0.25) is 0 Å². The summed E-state index contributed by atoms with van der Waals surface area (Å²) in [5.74, 6) is -2.54. The van der Waals surface area contributed by atoms with Gasteiger partial charge in [-0.2, -0.15) is 0 Å². The van der Waals surface area contributed by atoms with E-state index in [9.17, 15) is 8.78 Å². The molecule has 1 aromatic rings. The van der Waals surface area contributed by atoms with Gasteiger partial charge in [-0.15, -0.1) is 0 Å². The molecule has 1 aromatic carbocycles. The molecule has 1 aliphatic heterocycles. The molecule has 1 fully saturated rings. The standard InChI is InChI=1S/C15H21F2NO/c1-15(16,17)13-8-5-6-11(14(13)19-2)10-12-7-3-4-9-18-12/h5-6,8,12,18H,3-4,7,9-10H2,1-2H3. The second-order valence-corrected chi connectivity index (χ2v) is 5.24. The molecule has 4 heteroatoms. The monoisotopic (exact) mass is 269 g/mol. The van der Waals surface area contributed by atoms with Crippen LogP contribution >= 0.6 is 0 Å². The highest BCUT2D eigenvalue weighted by molar-refractivity contribution is 5.44. The quantitative estimate of drug-likeness (QED) is 0.903. The summed E-state index contributed by atoms with van der Waals surface area (Å²) in [7, 11) is 1.46. The van der Waals surface area contributed by atoms with Crippen LogP contribution < -0.4 is 10.1 Å². The third kappa shape index (κ3) is 3.44. The van der Waals surface area contributed by atoms with Crippen molar-refractivity contribution >= 4 is 0 Å². The fraction of sp³-hybridized carbons (Fsp3) is 0.600. The fourth-order valence-electron chi connectivity index (χ4n) is 2.70. The van der Waals surface area contributed by atoms with Gasteiger partial charge in [0, 0.05) is 13.0 Å². The first-order chi connectivity index (χ1) is 9.02. The highest BCUT2D eigenvalue weighted by Crippen LogP contribution is 2.37. The average Bonchev–Trinajstić information content (AvgIpc) is 2.38. The normalized spacial score (nSPS) is 20.3. The van der Waals surface area contributed by atoms with E-state index >= 15 is 0 Å². The predicted octanol–water partition coefficient (Wildman–Crippen LogP) is 3.49. The summed E-state index contributed by atoms with van der Waals surface area (Å²) in [6.07, 6.45) is 4.23. The molecule has 2 rings (SSSR count). The van der Waals surface area contributed by atoms with Crippen molar-refractivity contribution in [2.45, 2.75) is 44.6 Å². The molecule has 1 N–H and O–H groups in total. The SMILES string of the molecule is COc1c(CC2CCCCN2)cccc1C(C)(F)F. The Morgan fingerprint density at radius 2 is 2.16 bits per heavy atom. The summed E-state index contributed by atoms with van der Waals surface area (Å²) in [6, 6.07) is 5.37. The van der Waals surface area contributed by atoms with E-state index in [1.54, 1.807) is 6.07 Å². The van der Waals surface area contributed by atoms with Gasteiger partial charge in [-0.05, 0) is 37.4 Å². The first kappa shape index (κ1) is 14.3. The van der Waals surface area contributed by atoms with E-state index in [4.69, 9.17) is 4.74 Å². The zero-order valence-electron chi connectivity index (χ0n) is 11.5. The van der Waals surface area contributed by atoms with Crippen molar-refractivity contribution in [1.82, 2.24) is 5.32 Å². The molecule has 0 bridgehead atoms. The molecule has 0 saturated carbocycles. The number of alkyl halides is 2. The largest absolute Gasteiger partial charge is 0.496 e. The Morgan fingerprint density at radius 1 is 1.37 bits per heavy atom. The summed E-state index contributed by atoms with van der Waals surface area (Å²) in [6.45, 7) is 1.92.